The minimum Gasteiger partial charge on any atom is -0.319 e. The van der Waals surface area contributed by atoms with E-state index in [2.05, 4.69) is 19.2 Å². The molecule has 0 saturated heterocycles. The molecule has 1 aliphatic carbocycles. The monoisotopic (exact) mass is 224 g/mol. The summed E-state index contributed by atoms with van der Waals surface area (Å²) in [5.74, 6) is 1.41. The normalized spacial score (nSPS) is 20.7. The summed E-state index contributed by atoms with van der Waals surface area (Å²) in [6.45, 7) is 5.61. The molecule has 0 bridgehead atoms. The standard InChI is InChI=1S/C12H20N2S/c1-8(2)12-14-10-5-4-9(7-13-3)6-11(10)15-12/h8-9,13H,4-7H2,1-3H3. The molecule has 1 heterocycles. The van der Waals surface area contributed by atoms with E-state index in [-0.39, 0.29) is 0 Å². The first-order valence-corrected chi connectivity index (χ1v) is 6.65. The van der Waals surface area contributed by atoms with E-state index in [9.17, 15) is 0 Å². The maximum Gasteiger partial charge on any atom is 0.0956 e. The molecule has 2 nitrogen and oxygen atoms in total. The van der Waals surface area contributed by atoms with Gasteiger partial charge in [-0.15, -0.1) is 11.3 Å². The van der Waals surface area contributed by atoms with Crippen LogP contribution in [0.5, 0.6) is 0 Å². The average molecular weight is 224 g/mol. The first kappa shape index (κ1) is 11.1. The second kappa shape index (κ2) is 4.62. The summed E-state index contributed by atoms with van der Waals surface area (Å²) in [5.41, 5.74) is 1.39. The Labute approximate surface area is 96.1 Å². The van der Waals surface area contributed by atoms with Gasteiger partial charge < -0.3 is 5.32 Å². The molecular formula is C12H20N2S. The molecule has 0 fully saturated rings. The van der Waals surface area contributed by atoms with E-state index in [0.29, 0.717) is 5.92 Å². The van der Waals surface area contributed by atoms with Crippen molar-refractivity contribution in [1.82, 2.24) is 10.3 Å². The van der Waals surface area contributed by atoms with Crippen molar-refractivity contribution < 1.29 is 0 Å². The van der Waals surface area contributed by atoms with Gasteiger partial charge in [0, 0.05) is 10.8 Å². The molecule has 0 aliphatic heterocycles. The first-order chi connectivity index (χ1) is 7.20. The third kappa shape index (κ3) is 2.40. The maximum absolute atomic E-state index is 4.74. The van der Waals surface area contributed by atoms with Crippen molar-refractivity contribution in [3.8, 4) is 0 Å². The fraction of sp³-hybridized carbons (Fsp3) is 0.750. The molecule has 1 aromatic heterocycles. The Morgan fingerprint density at radius 3 is 3.00 bits per heavy atom. The predicted molar refractivity (Wildman–Crippen MR) is 65.6 cm³/mol. The van der Waals surface area contributed by atoms with Crippen LogP contribution in [0.2, 0.25) is 0 Å². The van der Waals surface area contributed by atoms with Gasteiger partial charge in [0.05, 0.1) is 10.7 Å². The van der Waals surface area contributed by atoms with Crippen LogP contribution in [-0.4, -0.2) is 18.6 Å². The Morgan fingerprint density at radius 1 is 1.53 bits per heavy atom. The first-order valence-electron chi connectivity index (χ1n) is 5.83. The number of fused-ring (bicyclic) bond motifs is 1. The molecule has 2 rings (SSSR count). The molecule has 1 N–H and O–H groups in total. The number of thiazole rings is 1. The topological polar surface area (TPSA) is 24.9 Å². The molecule has 3 heteroatoms. The van der Waals surface area contributed by atoms with Crippen LogP contribution in [0.4, 0.5) is 0 Å². The number of hydrogen-bond donors (Lipinski definition) is 1. The number of aryl methyl sites for hydroxylation is 1. The smallest absolute Gasteiger partial charge is 0.0956 e. The van der Waals surface area contributed by atoms with Gasteiger partial charge in [0.2, 0.25) is 0 Å². The third-order valence-corrected chi connectivity index (χ3v) is 4.47. The van der Waals surface area contributed by atoms with Crippen LogP contribution < -0.4 is 5.32 Å². The van der Waals surface area contributed by atoms with Crippen molar-refractivity contribution in [1.29, 1.82) is 0 Å². The predicted octanol–water partition coefficient (Wildman–Crippen LogP) is 2.59. The van der Waals surface area contributed by atoms with E-state index in [1.165, 1.54) is 30.0 Å². The minimum atomic E-state index is 0.586. The lowest BCUT2D eigenvalue weighted by Crippen LogP contribution is -2.24. The van der Waals surface area contributed by atoms with Gasteiger partial charge in [0.15, 0.2) is 0 Å². The Morgan fingerprint density at radius 2 is 2.33 bits per heavy atom. The summed E-state index contributed by atoms with van der Waals surface area (Å²) < 4.78 is 0. The summed E-state index contributed by atoms with van der Waals surface area (Å²) in [4.78, 5) is 6.29. The van der Waals surface area contributed by atoms with Crippen LogP contribution in [0.15, 0.2) is 0 Å². The van der Waals surface area contributed by atoms with Crippen molar-refractivity contribution in [2.45, 2.75) is 39.0 Å². The zero-order valence-electron chi connectivity index (χ0n) is 9.84. The molecule has 0 radical (unpaired) electrons. The highest BCUT2D eigenvalue weighted by atomic mass is 32.1. The van der Waals surface area contributed by atoms with Gasteiger partial charge in [-0.1, -0.05) is 13.8 Å². The second-order valence-corrected chi connectivity index (χ2v) is 5.86. The fourth-order valence-electron chi connectivity index (χ4n) is 2.17. The Hall–Kier alpha value is -0.410. The van der Waals surface area contributed by atoms with Gasteiger partial charge in [-0.3, -0.25) is 0 Å². The Balaban J connectivity index is 2.12. The molecule has 0 aromatic carbocycles. The minimum absolute atomic E-state index is 0.586. The SMILES string of the molecule is CNCC1CCc2nc(C(C)C)sc2C1. The maximum atomic E-state index is 4.74. The zero-order valence-corrected chi connectivity index (χ0v) is 10.7. The van der Waals surface area contributed by atoms with E-state index in [1.807, 2.05) is 18.4 Å². The highest BCUT2D eigenvalue weighted by Crippen LogP contribution is 2.32. The molecule has 84 valence electrons. The van der Waals surface area contributed by atoms with Crippen LogP contribution in [0, 0.1) is 5.92 Å². The van der Waals surface area contributed by atoms with Gasteiger partial charge in [0.25, 0.3) is 0 Å². The number of nitrogens with one attached hydrogen (secondary N) is 1. The van der Waals surface area contributed by atoms with Crippen molar-refractivity contribution in [2.75, 3.05) is 13.6 Å². The lowest BCUT2D eigenvalue weighted by Gasteiger charge is -2.20. The van der Waals surface area contributed by atoms with Crippen LogP contribution in [0.3, 0.4) is 0 Å². The molecule has 1 aliphatic rings. The van der Waals surface area contributed by atoms with E-state index >= 15 is 0 Å². The van der Waals surface area contributed by atoms with Crippen molar-refractivity contribution in [2.24, 2.45) is 5.92 Å². The van der Waals surface area contributed by atoms with Crippen LogP contribution in [0.1, 0.15) is 41.8 Å². The average Bonchev–Trinajstić information content (AvgIpc) is 2.61. The highest BCUT2D eigenvalue weighted by molar-refractivity contribution is 7.11. The van der Waals surface area contributed by atoms with Gasteiger partial charge >= 0.3 is 0 Å². The largest absolute Gasteiger partial charge is 0.319 e. The Kier molecular flexibility index (Phi) is 3.42. The molecule has 1 unspecified atom stereocenters. The summed E-state index contributed by atoms with van der Waals surface area (Å²) in [7, 11) is 2.04. The van der Waals surface area contributed by atoms with E-state index in [1.54, 1.807) is 4.88 Å². The molecule has 1 atom stereocenters. The molecule has 15 heavy (non-hydrogen) atoms. The van der Waals surface area contributed by atoms with Gasteiger partial charge in [-0.2, -0.15) is 0 Å². The molecule has 0 amide bonds. The van der Waals surface area contributed by atoms with E-state index in [0.717, 1.165) is 12.5 Å². The highest BCUT2D eigenvalue weighted by Gasteiger charge is 2.22. The van der Waals surface area contributed by atoms with Gasteiger partial charge in [-0.05, 0) is 38.8 Å². The fourth-order valence-corrected chi connectivity index (χ4v) is 3.40. The van der Waals surface area contributed by atoms with Crippen LogP contribution in [-0.2, 0) is 12.8 Å². The number of rotatable bonds is 3. The number of nitrogens with zero attached hydrogens (tertiary/aromatic N) is 1. The quantitative estimate of drug-likeness (QED) is 0.853. The third-order valence-electron chi connectivity index (χ3n) is 3.04. The van der Waals surface area contributed by atoms with Crippen LogP contribution in [0.25, 0.3) is 0 Å². The van der Waals surface area contributed by atoms with Gasteiger partial charge in [0.1, 0.15) is 0 Å². The second-order valence-electron chi connectivity index (χ2n) is 4.74. The van der Waals surface area contributed by atoms with E-state index < -0.39 is 0 Å². The van der Waals surface area contributed by atoms with Gasteiger partial charge in [-0.25, -0.2) is 4.98 Å². The molecule has 1 aromatic rings. The molecule has 0 spiro atoms. The lowest BCUT2D eigenvalue weighted by atomic mass is 9.91. The van der Waals surface area contributed by atoms with Crippen molar-refractivity contribution in [3.63, 3.8) is 0 Å². The molecule has 0 saturated carbocycles. The van der Waals surface area contributed by atoms with Crippen LogP contribution >= 0.6 is 11.3 Å². The molecular weight excluding hydrogens is 204 g/mol. The summed E-state index contributed by atoms with van der Waals surface area (Å²) in [6, 6.07) is 0. The summed E-state index contributed by atoms with van der Waals surface area (Å²) >= 11 is 1.93. The Bertz CT molecular complexity index is 330. The number of aromatic nitrogens is 1. The van der Waals surface area contributed by atoms with Crippen molar-refractivity contribution >= 4 is 11.3 Å². The van der Waals surface area contributed by atoms with E-state index in [4.69, 9.17) is 4.98 Å². The lowest BCUT2D eigenvalue weighted by molar-refractivity contribution is 0.441. The van der Waals surface area contributed by atoms with Crippen molar-refractivity contribution in [3.05, 3.63) is 15.6 Å². The summed E-state index contributed by atoms with van der Waals surface area (Å²) in [6.07, 6.45) is 3.72. The summed E-state index contributed by atoms with van der Waals surface area (Å²) in [5, 5.41) is 4.61. The number of hydrogen-bond acceptors (Lipinski definition) is 3. The zero-order chi connectivity index (χ0) is 10.8.